The highest BCUT2D eigenvalue weighted by atomic mass is 28.3. The monoisotopic (exact) mass is 213 g/mol. The van der Waals surface area contributed by atoms with Gasteiger partial charge in [0.15, 0.2) is 0 Å². The van der Waals surface area contributed by atoms with Crippen LogP contribution in [0.3, 0.4) is 0 Å². The molecule has 84 valence electrons. The molecule has 1 unspecified atom stereocenters. The van der Waals surface area contributed by atoms with E-state index < -0.39 is 8.24 Å². The lowest BCUT2D eigenvalue weighted by atomic mass is 10.0. The smallest absolute Gasteiger partial charge is 0.147 e. The summed E-state index contributed by atoms with van der Waals surface area (Å²) < 4.78 is 0. The van der Waals surface area contributed by atoms with Crippen LogP contribution >= 0.6 is 0 Å². The summed E-state index contributed by atoms with van der Waals surface area (Å²) in [4.78, 5) is 0. The maximum Gasteiger partial charge on any atom is 0.147 e. The summed E-state index contributed by atoms with van der Waals surface area (Å²) in [5.41, 5.74) is 2.74. The van der Waals surface area contributed by atoms with Crippen LogP contribution in [0, 0.1) is 11.8 Å². The van der Waals surface area contributed by atoms with Crippen LogP contribution in [0.4, 0.5) is 0 Å². The number of hydrogen-bond donors (Lipinski definition) is 1. The Balaban J connectivity index is 4.45. The third-order valence-corrected chi connectivity index (χ3v) is 5.94. The van der Waals surface area contributed by atoms with Gasteiger partial charge in [0.05, 0.1) is 0 Å². The van der Waals surface area contributed by atoms with Crippen molar-refractivity contribution in [3.8, 4) is 0 Å². The second-order valence-electron chi connectivity index (χ2n) is 5.53. The van der Waals surface area contributed by atoms with Gasteiger partial charge in [-0.1, -0.05) is 39.9 Å². The maximum atomic E-state index is 6.38. The molecule has 2 N–H and O–H groups in total. The topological polar surface area (TPSA) is 26.0 Å². The molecule has 0 saturated carbocycles. The molecule has 2 heteroatoms. The van der Waals surface area contributed by atoms with Crippen molar-refractivity contribution in [2.24, 2.45) is 17.2 Å². The number of hydrogen-bond acceptors (Lipinski definition) is 1. The van der Waals surface area contributed by atoms with Gasteiger partial charge in [-0.2, -0.15) is 0 Å². The van der Waals surface area contributed by atoms with Crippen molar-refractivity contribution in [1.82, 2.24) is 0 Å². The Bertz CT molecular complexity index is 163. The Morgan fingerprint density at radius 2 is 1.50 bits per heavy atom. The molecular weight excluding hydrogens is 186 g/mol. The van der Waals surface area contributed by atoms with Gasteiger partial charge in [-0.05, 0) is 30.2 Å². The van der Waals surface area contributed by atoms with Crippen molar-refractivity contribution in [2.45, 2.75) is 52.6 Å². The van der Waals surface area contributed by atoms with Gasteiger partial charge in [0.1, 0.15) is 8.24 Å². The van der Waals surface area contributed by atoms with E-state index in [1.165, 1.54) is 12.8 Å². The molecule has 0 spiro atoms. The van der Waals surface area contributed by atoms with Gasteiger partial charge in [-0.25, -0.2) is 0 Å². The fraction of sp³-hybridized carbons (Fsp3) is 0.833. The summed E-state index contributed by atoms with van der Waals surface area (Å²) in [5, 5.41) is 6.38. The van der Waals surface area contributed by atoms with Crippen LogP contribution in [-0.4, -0.2) is 8.24 Å². The number of rotatable bonds is 6. The molecule has 0 fully saturated rings. The molecule has 0 bridgehead atoms. The van der Waals surface area contributed by atoms with Crippen molar-refractivity contribution in [1.29, 1.82) is 0 Å². The fourth-order valence-electron chi connectivity index (χ4n) is 1.91. The van der Waals surface area contributed by atoms with Gasteiger partial charge in [-0.15, -0.1) is 6.58 Å². The Morgan fingerprint density at radius 1 is 1.14 bits per heavy atom. The number of nitrogens with two attached hydrogens (primary N) is 1. The van der Waals surface area contributed by atoms with E-state index in [0.717, 1.165) is 11.8 Å². The molecule has 0 heterocycles. The molecule has 0 aromatic heterocycles. The lowest BCUT2D eigenvalue weighted by molar-refractivity contribution is 0.470. The van der Waals surface area contributed by atoms with Gasteiger partial charge in [0, 0.05) is 0 Å². The van der Waals surface area contributed by atoms with Crippen LogP contribution in [0.15, 0.2) is 12.3 Å². The fourth-order valence-corrected chi connectivity index (χ4v) is 4.20. The first-order valence-corrected chi connectivity index (χ1v) is 8.45. The van der Waals surface area contributed by atoms with Gasteiger partial charge in [-0.3, -0.25) is 0 Å². The third kappa shape index (κ3) is 4.96. The molecule has 0 radical (unpaired) electrons. The zero-order chi connectivity index (χ0) is 11.4. The Labute approximate surface area is 90.9 Å². The van der Waals surface area contributed by atoms with E-state index in [2.05, 4.69) is 40.8 Å². The maximum absolute atomic E-state index is 6.38. The molecule has 14 heavy (non-hydrogen) atoms. The van der Waals surface area contributed by atoms with Crippen molar-refractivity contribution in [3.05, 3.63) is 12.3 Å². The van der Waals surface area contributed by atoms with E-state index in [-0.39, 0.29) is 0 Å². The largest absolute Gasteiger partial charge is 0.348 e. The summed E-state index contributed by atoms with van der Waals surface area (Å²) in [7, 11) is -1.67. The van der Waals surface area contributed by atoms with Crippen LogP contribution in [0.1, 0.15) is 40.5 Å². The van der Waals surface area contributed by atoms with Crippen LogP contribution in [-0.2, 0) is 0 Å². The Hall–Kier alpha value is -0.0831. The molecule has 0 aromatic carbocycles. The van der Waals surface area contributed by atoms with E-state index in [1.54, 1.807) is 0 Å². The molecule has 0 rings (SSSR count). The van der Waals surface area contributed by atoms with Crippen LogP contribution in [0.5, 0.6) is 0 Å². The minimum absolute atomic E-state index is 0.694. The summed E-state index contributed by atoms with van der Waals surface area (Å²) in [5.74, 6) is 1.49. The molecular formula is C12H27NSi. The van der Waals surface area contributed by atoms with Crippen LogP contribution < -0.4 is 5.40 Å². The summed E-state index contributed by atoms with van der Waals surface area (Å²) in [6.45, 7) is 15.3. The predicted octanol–water partition coefficient (Wildman–Crippen LogP) is 3.71. The molecule has 0 aliphatic carbocycles. The minimum atomic E-state index is -1.67. The van der Waals surface area contributed by atoms with Crippen molar-refractivity contribution >= 4 is 8.24 Å². The van der Waals surface area contributed by atoms with E-state index in [0.29, 0.717) is 5.54 Å². The van der Waals surface area contributed by atoms with E-state index >= 15 is 0 Å². The first kappa shape index (κ1) is 13.9. The molecule has 0 aliphatic heterocycles. The summed E-state index contributed by atoms with van der Waals surface area (Å²) >= 11 is 0. The lowest BCUT2D eigenvalue weighted by Crippen LogP contribution is -2.46. The highest BCUT2D eigenvalue weighted by Crippen LogP contribution is 2.32. The van der Waals surface area contributed by atoms with Crippen molar-refractivity contribution < 1.29 is 0 Å². The Kier molecular flexibility index (Phi) is 5.68. The molecule has 0 aliphatic rings. The quantitative estimate of drug-likeness (QED) is 0.669. The van der Waals surface area contributed by atoms with E-state index in [1.807, 2.05) is 5.70 Å². The van der Waals surface area contributed by atoms with Gasteiger partial charge in [0.25, 0.3) is 0 Å². The van der Waals surface area contributed by atoms with Gasteiger partial charge < -0.3 is 5.40 Å². The first-order chi connectivity index (χ1) is 6.29. The third-order valence-electron chi connectivity index (χ3n) is 2.83. The molecule has 0 amide bonds. The highest BCUT2D eigenvalue weighted by molar-refractivity contribution is 6.81. The average Bonchev–Trinajstić information content (AvgIpc) is 2.01. The van der Waals surface area contributed by atoms with Crippen LogP contribution in [0.2, 0.25) is 12.1 Å². The molecule has 1 atom stereocenters. The zero-order valence-corrected chi connectivity index (χ0v) is 11.5. The second kappa shape index (κ2) is 5.71. The molecule has 1 nitrogen and oxygen atoms in total. The normalized spacial score (nSPS) is 16.4. The minimum Gasteiger partial charge on any atom is -0.348 e. The van der Waals surface area contributed by atoms with Crippen molar-refractivity contribution in [2.75, 3.05) is 0 Å². The van der Waals surface area contributed by atoms with E-state index in [4.69, 9.17) is 5.40 Å². The first-order valence-electron chi connectivity index (χ1n) is 5.72. The summed E-state index contributed by atoms with van der Waals surface area (Å²) in [6.07, 6.45) is 2.51. The Morgan fingerprint density at radius 3 is 1.71 bits per heavy atom. The highest BCUT2D eigenvalue weighted by Gasteiger charge is 2.30. The summed E-state index contributed by atoms with van der Waals surface area (Å²) in [6, 6.07) is 0. The predicted molar refractivity (Wildman–Crippen MR) is 68.7 cm³/mol. The van der Waals surface area contributed by atoms with E-state index in [9.17, 15) is 0 Å². The molecule has 0 saturated heterocycles. The zero-order valence-electron chi connectivity index (χ0n) is 10.5. The average molecular weight is 213 g/mol. The van der Waals surface area contributed by atoms with Gasteiger partial charge in [0.2, 0.25) is 0 Å². The SMILES string of the molecule is C=C[Si](C)(N)C(CC(C)C)CC(C)C. The van der Waals surface area contributed by atoms with Gasteiger partial charge >= 0.3 is 0 Å². The van der Waals surface area contributed by atoms with Crippen LogP contribution in [0.25, 0.3) is 0 Å². The standard InChI is InChI=1S/C12H27NSi/c1-7-14(6,13)12(8-10(2)3)9-11(4)5/h7,10-12H,1,8-9,13H2,2-6H3. The van der Waals surface area contributed by atoms with Crippen molar-refractivity contribution in [3.63, 3.8) is 0 Å². The lowest BCUT2D eigenvalue weighted by Gasteiger charge is -2.31. The molecule has 0 aromatic rings. The second-order valence-corrected chi connectivity index (χ2v) is 9.48.